The van der Waals surface area contributed by atoms with Crippen LogP contribution in [-0.2, 0) is 15.0 Å². The first kappa shape index (κ1) is 15.1. The van der Waals surface area contributed by atoms with E-state index in [-0.39, 0.29) is 5.56 Å². The number of carbonyl (C=O) groups is 2. The molecule has 0 fully saturated rings. The minimum atomic E-state index is -1.92. The van der Waals surface area contributed by atoms with Crippen LogP contribution in [0.15, 0.2) is 24.3 Å². The summed E-state index contributed by atoms with van der Waals surface area (Å²) in [6.07, 6.45) is -3.47. The van der Waals surface area contributed by atoms with Gasteiger partial charge in [-0.25, -0.2) is 4.79 Å². The van der Waals surface area contributed by atoms with Crippen molar-refractivity contribution in [3.63, 3.8) is 0 Å². The van der Waals surface area contributed by atoms with Crippen LogP contribution in [0.3, 0.4) is 0 Å². The maximum atomic E-state index is 11.1. The fourth-order valence-corrected chi connectivity index (χ4v) is 1.54. The molecule has 0 aromatic heterocycles. The Bertz CT molecular complexity index is 476. The van der Waals surface area contributed by atoms with Crippen LogP contribution in [0.5, 0.6) is 0 Å². The molecule has 0 aliphatic heterocycles. The lowest BCUT2D eigenvalue weighted by atomic mass is 9.84. The van der Waals surface area contributed by atoms with Gasteiger partial charge in [-0.2, -0.15) is 0 Å². The SMILES string of the molecule is CC(C)(C(=O)O)c1ccc(C(O)C(O)C(=O)O)cc1. The van der Waals surface area contributed by atoms with Gasteiger partial charge in [0.05, 0.1) is 5.41 Å². The summed E-state index contributed by atoms with van der Waals surface area (Å²) in [7, 11) is 0. The first-order valence-electron chi connectivity index (χ1n) is 5.60. The molecule has 0 amide bonds. The number of carboxylic acids is 2. The van der Waals surface area contributed by atoms with E-state index in [9.17, 15) is 19.8 Å². The third-order valence-electron chi connectivity index (χ3n) is 3.06. The summed E-state index contributed by atoms with van der Waals surface area (Å²) in [6, 6.07) is 5.77. The number of benzene rings is 1. The highest BCUT2D eigenvalue weighted by molar-refractivity contribution is 5.80. The Kier molecular flexibility index (Phi) is 4.28. The topological polar surface area (TPSA) is 115 Å². The molecule has 2 atom stereocenters. The molecular weight excluding hydrogens is 252 g/mol. The van der Waals surface area contributed by atoms with E-state index in [0.29, 0.717) is 5.56 Å². The Labute approximate surface area is 109 Å². The minimum absolute atomic E-state index is 0.208. The predicted molar refractivity (Wildman–Crippen MR) is 65.7 cm³/mol. The van der Waals surface area contributed by atoms with E-state index in [1.165, 1.54) is 38.1 Å². The molecule has 6 heteroatoms. The molecule has 0 aliphatic carbocycles. The Morgan fingerprint density at radius 3 is 1.89 bits per heavy atom. The van der Waals surface area contributed by atoms with E-state index in [0.717, 1.165) is 0 Å². The second kappa shape index (κ2) is 5.38. The van der Waals surface area contributed by atoms with Gasteiger partial charge in [0.15, 0.2) is 6.10 Å². The number of aliphatic hydroxyl groups is 2. The number of rotatable bonds is 5. The van der Waals surface area contributed by atoms with Gasteiger partial charge in [0, 0.05) is 0 Å². The molecule has 104 valence electrons. The maximum Gasteiger partial charge on any atom is 0.335 e. The van der Waals surface area contributed by atoms with Crippen molar-refractivity contribution in [2.45, 2.75) is 31.5 Å². The molecule has 1 aromatic rings. The van der Waals surface area contributed by atoms with E-state index in [1.54, 1.807) is 0 Å². The van der Waals surface area contributed by atoms with Gasteiger partial charge in [-0.15, -0.1) is 0 Å². The molecule has 0 spiro atoms. The number of hydrogen-bond donors (Lipinski definition) is 4. The molecule has 4 N–H and O–H groups in total. The molecule has 0 bridgehead atoms. The Hall–Kier alpha value is -1.92. The van der Waals surface area contributed by atoms with Crippen molar-refractivity contribution < 1.29 is 30.0 Å². The first-order valence-corrected chi connectivity index (χ1v) is 5.60. The van der Waals surface area contributed by atoms with Crippen LogP contribution in [0.25, 0.3) is 0 Å². The van der Waals surface area contributed by atoms with Gasteiger partial charge in [0.2, 0.25) is 0 Å². The van der Waals surface area contributed by atoms with Crippen LogP contribution >= 0.6 is 0 Å². The van der Waals surface area contributed by atoms with Crippen LogP contribution in [0.1, 0.15) is 31.1 Å². The predicted octanol–water partition coefficient (Wildman–Crippen LogP) is 0.528. The average Bonchev–Trinajstić information content (AvgIpc) is 2.36. The zero-order chi connectivity index (χ0) is 14.8. The lowest BCUT2D eigenvalue weighted by molar-refractivity contribution is -0.153. The van der Waals surface area contributed by atoms with Crippen molar-refractivity contribution in [1.82, 2.24) is 0 Å². The lowest BCUT2D eigenvalue weighted by Gasteiger charge is -2.21. The highest BCUT2D eigenvalue weighted by Crippen LogP contribution is 2.26. The van der Waals surface area contributed by atoms with E-state index in [2.05, 4.69) is 0 Å². The first-order chi connectivity index (χ1) is 8.67. The molecule has 0 radical (unpaired) electrons. The molecule has 19 heavy (non-hydrogen) atoms. The molecule has 0 saturated heterocycles. The van der Waals surface area contributed by atoms with E-state index >= 15 is 0 Å². The molecule has 0 saturated carbocycles. The number of aliphatic carboxylic acids is 2. The van der Waals surface area contributed by atoms with E-state index in [1.807, 2.05) is 0 Å². The van der Waals surface area contributed by atoms with Gasteiger partial charge >= 0.3 is 11.9 Å². The van der Waals surface area contributed by atoms with Crippen LogP contribution < -0.4 is 0 Å². The summed E-state index contributed by atoms with van der Waals surface area (Å²) in [5.74, 6) is -2.52. The fraction of sp³-hybridized carbons (Fsp3) is 0.385. The number of aliphatic hydroxyl groups excluding tert-OH is 2. The fourth-order valence-electron chi connectivity index (χ4n) is 1.54. The smallest absolute Gasteiger partial charge is 0.335 e. The Morgan fingerprint density at radius 1 is 1.05 bits per heavy atom. The summed E-state index contributed by atoms with van der Waals surface area (Å²) >= 11 is 0. The van der Waals surface area contributed by atoms with Gasteiger partial charge in [-0.1, -0.05) is 24.3 Å². The van der Waals surface area contributed by atoms with Crippen molar-refractivity contribution in [3.8, 4) is 0 Å². The van der Waals surface area contributed by atoms with Crippen LogP contribution in [0, 0.1) is 0 Å². The molecule has 0 heterocycles. The summed E-state index contributed by atoms with van der Waals surface area (Å²) in [4.78, 5) is 21.6. The molecular formula is C13H16O6. The van der Waals surface area contributed by atoms with Crippen molar-refractivity contribution in [2.24, 2.45) is 0 Å². The average molecular weight is 268 g/mol. The molecule has 1 rings (SSSR count). The Morgan fingerprint density at radius 2 is 1.53 bits per heavy atom. The minimum Gasteiger partial charge on any atom is -0.481 e. The third kappa shape index (κ3) is 3.10. The zero-order valence-electron chi connectivity index (χ0n) is 10.6. The number of hydrogen-bond acceptors (Lipinski definition) is 4. The standard InChI is InChI=1S/C13H16O6/c1-13(2,12(18)19)8-5-3-7(4-6-8)9(14)10(15)11(16)17/h3-6,9-10,14-15H,1-2H3,(H,16,17)(H,18,19). The number of carboxylic acid groups (broad SMARTS) is 2. The van der Waals surface area contributed by atoms with Crippen molar-refractivity contribution in [2.75, 3.05) is 0 Å². The summed E-state index contributed by atoms with van der Waals surface area (Å²) in [5.41, 5.74) is -0.366. The Balaban J connectivity index is 3.00. The van der Waals surface area contributed by atoms with Crippen LogP contribution in [0.4, 0.5) is 0 Å². The lowest BCUT2D eigenvalue weighted by Crippen LogP contribution is -2.29. The molecule has 0 aliphatic rings. The van der Waals surface area contributed by atoms with Crippen molar-refractivity contribution in [1.29, 1.82) is 0 Å². The van der Waals surface area contributed by atoms with E-state index < -0.39 is 29.6 Å². The second-order valence-corrected chi connectivity index (χ2v) is 4.78. The highest BCUT2D eigenvalue weighted by Gasteiger charge is 2.30. The maximum absolute atomic E-state index is 11.1. The third-order valence-corrected chi connectivity index (χ3v) is 3.06. The quantitative estimate of drug-likeness (QED) is 0.619. The molecule has 2 unspecified atom stereocenters. The summed E-state index contributed by atoms with van der Waals surface area (Å²) in [6.45, 7) is 3.07. The van der Waals surface area contributed by atoms with Crippen molar-refractivity contribution in [3.05, 3.63) is 35.4 Å². The van der Waals surface area contributed by atoms with Crippen LogP contribution in [-0.4, -0.2) is 38.5 Å². The largest absolute Gasteiger partial charge is 0.481 e. The highest BCUT2D eigenvalue weighted by atomic mass is 16.4. The second-order valence-electron chi connectivity index (χ2n) is 4.78. The van der Waals surface area contributed by atoms with Crippen molar-refractivity contribution >= 4 is 11.9 Å². The summed E-state index contributed by atoms with van der Waals surface area (Å²) in [5, 5.41) is 36.5. The molecule has 1 aromatic carbocycles. The monoisotopic (exact) mass is 268 g/mol. The van der Waals surface area contributed by atoms with Crippen LogP contribution in [0.2, 0.25) is 0 Å². The summed E-state index contributed by atoms with van der Waals surface area (Å²) < 4.78 is 0. The normalized spacial score (nSPS) is 14.7. The van der Waals surface area contributed by atoms with Gasteiger partial charge in [-0.05, 0) is 25.0 Å². The van der Waals surface area contributed by atoms with Gasteiger partial charge < -0.3 is 20.4 Å². The molecule has 6 nitrogen and oxygen atoms in total. The van der Waals surface area contributed by atoms with Gasteiger partial charge in [0.25, 0.3) is 0 Å². The van der Waals surface area contributed by atoms with Gasteiger partial charge in [0.1, 0.15) is 6.10 Å². The zero-order valence-corrected chi connectivity index (χ0v) is 10.6. The van der Waals surface area contributed by atoms with E-state index in [4.69, 9.17) is 10.2 Å². The van der Waals surface area contributed by atoms with Gasteiger partial charge in [-0.3, -0.25) is 4.79 Å².